The number of morpholine rings is 1. The first kappa shape index (κ1) is 19.4. The number of ether oxygens (including phenoxy) is 1. The molecule has 0 aromatic heterocycles. The Bertz CT molecular complexity index is 691. The van der Waals surface area contributed by atoms with E-state index in [1.807, 2.05) is 31.2 Å². The van der Waals surface area contributed by atoms with Crippen LogP contribution in [0.1, 0.15) is 36.5 Å². The Labute approximate surface area is 161 Å². The van der Waals surface area contributed by atoms with E-state index < -0.39 is 5.60 Å². The molecular formula is C22H28ClNO2. The van der Waals surface area contributed by atoms with Crippen LogP contribution in [0.4, 0.5) is 0 Å². The van der Waals surface area contributed by atoms with E-state index in [-0.39, 0.29) is 5.92 Å². The highest BCUT2D eigenvalue weighted by Gasteiger charge is 2.36. The fraction of sp³-hybridized carbons (Fsp3) is 0.455. The van der Waals surface area contributed by atoms with Gasteiger partial charge in [0.05, 0.1) is 18.8 Å². The van der Waals surface area contributed by atoms with Gasteiger partial charge in [0.25, 0.3) is 0 Å². The number of rotatable bonds is 6. The maximum atomic E-state index is 11.6. The molecule has 1 aliphatic heterocycles. The van der Waals surface area contributed by atoms with Crippen LogP contribution in [0.5, 0.6) is 0 Å². The summed E-state index contributed by atoms with van der Waals surface area (Å²) in [4.78, 5) is 2.37. The van der Waals surface area contributed by atoms with Gasteiger partial charge >= 0.3 is 0 Å². The van der Waals surface area contributed by atoms with Gasteiger partial charge in [-0.2, -0.15) is 0 Å². The number of aryl methyl sites for hydroxylation is 1. The number of hydrogen-bond donors (Lipinski definition) is 1. The zero-order chi connectivity index (χ0) is 18.6. The zero-order valence-corrected chi connectivity index (χ0v) is 16.4. The van der Waals surface area contributed by atoms with Gasteiger partial charge in [-0.25, -0.2) is 0 Å². The summed E-state index contributed by atoms with van der Waals surface area (Å²) in [5, 5.41) is 12.3. The largest absolute Gasteiger partial charge is 0.385 e. The van der Waals surface area contributed by atoms with Crippen LogP contribution in [0.2, 0.25) is 5.02 Å². The van der Waals surface area contributed by atoms with Gasteiger partial charge in [-0.3, -0.25) is 4.90 Å². The molecule has 0 bridgehead atoms. The highest BCUT2D eigenvalue weighted by atomic mass is 35.5. The van der Waals surface area contributed by atoms with Crippen molar-refractivity contribution < 1.29 is 9.84 Å². The lowest BCUT2D eigenvalue weighted by atomic mass is 9.78. The minimum atomic E-state index is -0.974. The Hall–Kier alpha value is -1.39. The van der Waals surface area contributed by atoms with E-state index >= 15 is 0 Å². The van der Waals surface area contributed by atoms with Gasteiger partial charge in [0, 0.05) is 30.6 Å². The molecule has 4 heteroatoms. The maximum Gasteiger partial charge on any atom is 0.0949 e. The lowest BCUT2D eigenvalue weighted by Crippen LogP contribution is -2.43. The summed E-state index contributed by atoms with van der Waals surface area (Å²) >= 11 is 6.08. The van der Waals surface area contributed by atoms with Crippen LogP contribution < -0.4 is 0 Å². The number of hydrogen-bond acceptors (Lipinski definition) is 3. The summed E-state index contributed by atoms with van der Waals surface area (Å²) < 4.78 is 5.48. The topological polar surface area (TPSA) is 32.7 Å². The highest BCUT2D eigenvalue weighted by molar-refractivity contribution is 6.30. The SMILES string of the molecule is CCc1ccc([C@@](C)(O)[C@H](CN2CCOCC2)c2ccc(Cl)cc2)cc1. The predicted octanol–water partition coefficient (Wildman–Crippen LogP) is 4.23. The Morgan fingerprint density at radius 2 is 1.69 bits per heavy atom. The van der Waals surface area contributed by atoms with Crippen LogP contribution >= 0.6 is 11.6 Å². The molecule has 0 spiro atoms. The van der Waals surface area contributed by atoms with Crippen LogP contribution in [0.25, 0.3) is 0 Å². The molecule has 1 saturated heterocycles. The van der Waals surface area contributed by atoms with Crippen molar-refractivity contribution in [1.29, 1.82) is 0 Å². The monoisotopic (exact) mass is 373 g/mol. The molecule has 0 aliphatic carbocycles. The molecule has 0 saturated carbocycles. The van der Waals surface area contributed by atoms with Crippen LogP contribution in [-0.4, -0.2) is 42.9 Å². The quantitative estimate of drug-likeness (QED) is 0.822. The van der Waals surface area contributed by atoms with Crippen molar-refractivity contribution in [3.8, 4) is 0 Å². The predicted molar refractivity (Wildman–Crippen MR) is 107 cm³/mol. The van der Waals surface area contributed by atoms with E-state index in [0.717, 1.165) is 50.4 Å². The summed E-state index contributed by atoms with van der Waals surface area (Å²) in [6.07, 6.45) is 0.997. The second-order valence-electron chi connectivity index (χ2n) is 7.22. The molecule has 1 N–H and O–H groups in total. The molecule has 3 rings (SSSR count). The van der Waals surface area contributed by atoms with Crippen LogP contribution in [-0.2, 0) is 16.8 Å². The van der Waals surface area contributed by atoms with Gasteiger partial charge in [0.2, 0.25) is 0 Å². The number of nitrogens with zero attached hydrogens (tertiary/aromatic N) is 1. The van der Waals surface area contributed by atoms with Crippen LogP contribution in [0.3, 0.4) is 0 Å². The van der Waals surface area contributed by atoms with Gasteiger partial charge in [-0.1, -0.05) is 54.9 Å². The minimum Gasteiger partial charge on any atom is -0.385 e. The average molecular weight is 374 g/mol. The molecule has 26 heavy (non-hydrogen) atoms. The zero-order valence-electron chi connectivity index (χ0n) is 15.6. The third kappa shape index (κ3) is 4.47. The van der Waals surface area contributed by atoms with E-state index in [4.69, 9.17) is 16.3 Å². The first-order chi connectivity index (χ1) is 12.5. The van der Waals surface area contributed by atoms with Gasteiger partial charge in [0.1, 0.15) is 0 Å². The van der Waals surface area contributed by atoms with Crippen molar-refractivity contribution in [1.82, 2.24) is 4.90 Å². The standard InChI is InChI=1S/C22H28ClNO2/c1-3-17-4-8-19(9-5-17)22(2,25)21(16-24-12-14-26-15-13-24)18-6-10-20(23)11-7-18/h4-11,21,25H,3,12-16H2,1-2H3/t21-,22-/m1/s1. The first-order valence-electron chi connectivity index (χ1n) is 9.38. The summed E-state index contributed by atoms with van der Waals surface area (Å²) in [5.41, 5.74) is 2.35. The van der Waals surface area contributed by atoms with Crippen molar-refractivity contribution in [3.63, 3.8) is 0 Å². The molecule has 2 aromatic rings. The fourth-order valence-corrected chi connectivity index (χ4v) is 3.75. The van der Waals surface area contributed by atoms with Crippen LogP contribution in [0.15, 0.2) is 48.5 Å². The lowest BCUT2D eigenvalue weighted by Gasteiger charge is -2.38. The molecule has 1 heterocycles. The molecule has 2 atom stereocenters. The smallest absolute Gasteiger partial charge is 0.0949 e. The highest BCUT2D eigenvalue weighted by Crippen LogP contribution is 2.38. The van der Waals surface area contributed by atoms with E-state index in [9.17, 15) is 5.11 Å². The first-order valence-corrected chi connectivity index (χ1v) is 9.76. The fourth-order valence-electron chi connectivity index (χ4n) is 3.62. The molecule has 2 aromatic carbocycles. The lowest BCUT2D eigenvalue weighted by molar-refractivity contribution is -0.0107. The number of aliphatic hydroxyl groups is 1. The summed E-state index contributed by atoms with van der Waals surface area (Å²) in [7, 11) is 0. The number of benzene rings is 2. The summed E-state index contributed by atoms with van der Waals surface area (Å²) in [6.45, 7) is 8.15. The average Bonchev–Trinajstić information content (AvgIpc) is 2.68. The summed E-state index contributed by atoms with van der Waals surface area (Å²) in [5.74, 6) is -0.0506. The van der Waals surface area contributed by atoms with E-state index in [1.165, 1.54) is 5.56 Å². The molecule has 1 aliphatic rings. The molecule has 140 valence electrons. The molecule has 0 amide bonds. The molecule has 0 unspecified atom stereocenters. The summed E-state index contributed by atoms with van der Waals surface area (Å²) in [6, 6.07) is 16.2. The van der Waals surface area contributed by atoms with Crippen molar-refractivity contribution in [2.45, 2.75) is 31.8 Å². The third-order valence-electron chi connectivity index (χ3n) is 5.44. The maximum absolute atomic E-state index is 11.6. The van der Waals surface area contributed by atoms with E-state index in [2.05, 4.69) is 36.1 Å². The number of halogens is 1. The van der Waals surface area contributed by atoms with Gasteiger partial charge in [-0.05, 0) is 42.2 Å². The van der Waals surface area contributed by atoms with Crippen molar-refractivity contribution in [2.75, 3.05) is 32.8 Å². The van der Waals surface area contributed by atoms with Crippen molar-refractivity contribution >= 4 is 11.6 Å². The Morgan fingerprint density at radius 3 is 2.27 bits per heavy atom. The Balaban J connectivity index is 1.92. The van der Waals surface area contributed by atoms with Gasteiger partial charge in [-0.15, -0.1) is 0 Å². The van der Waals surface area contributed by atoms with E-state index in [0.29, 0.717) is 5.02 Å². The second kappa shape index (κ2) is 8.53. The third-order valence-corrected chi connectivity index (χ3v) is 5.69. The minimum absolute atomic E-state index is 0.0506. The van der Waals surface area contributed by atoms with E-state index in [1.54, 1.807) is 0 Å². The Morgan fingerprint density at radius 1 is 1.08 bits per heavy atom. The van der Waals surface area contributed by atoms with Gasteiger partial charge < -0.3 is 9.84 Å². The van der Waals surface area contributed by atoms with Crippen molar-refractivity contribution in [3.05, 3.63) is 70.2 Å². The second-order valence-corrected chi connectivity index (χ2v) is 7.65. The molecular weight excluding hydrogens is 346 g/mol. The Kier molecular flexibility index (Phi) is 6.36. The van der Waals surface area contributed by atoms with Crippen LogP contribution in [0, 0.1) is 0 Å². The molecule has 0 radical (unpaired) electrons. The normalized spacial score (nSPS) is 19.1. The molecule has 3 nitrogen and oxygen atoms in total. The van der Waals surface area contributed by atoms with Crippen molar-refractivity contribution in [2.24, 2.45) is 0 Å². The van der Waals surface area contributed by atoms with Gasteiger partial charge in [0.15, 0.2) is 0 Å². The molecule has 1 fully saturated rings.